The maximum absolute atomic E-state index is 12.1. The molecule has 1 aromatic rings. The number of amides is 1. The summed E-state index contributed by atoms with van der Waals surface area (Å²) in [5.41, 5.74) is 6.77. The first-order valence-electron chi connectivity index (χ1n) is 7.50. The molecule has 0 saturated carbocycles. The second-order valence-electron chi connectivity index (χ2n) is 5.55. The van der Waals surface area contributed by atoms with Gasteiger partial charge in [-0.25, -0.2) is 0 Å². The van der Waals surface area contributed by atoms with Gasteiger partial charge in [0.2, 0.25) is 5.91 Å². The number of nitrogens with one attached hydrogen (secondary N) is 1. The minimum atomic E-state index is -0.604. The van der Waals surface area contributed by atoms with Gasteiger partial charge in [-0.1, -0.05) is 49.4 Å². The number of allylic oxidation sites excluding steroid dienone is 1. The third kappa shape index (κ3) is 4.43. The average Bonchev–Trinajstić information content (AvgIpc) is 2.54. The van der Waals surface area contributed by atoms with Crippen LogP contribution in [-0.4, -0.2) is 24.5 Å². The van der Waals surface area contributed by atoms with E-state index in [0.717, 1.165) is 5.56 Å². The van der Waals surface area contributed by atoms with Crippen molar-refractivity contribution >= 4 is 11.9 Å². The van der Waals surface area contributed by atoms with Crippen molar-refractivity contribution < 1.29 is 14.3 Å². The van der Waals surface area contributed by atoms with Crippen LogP contribution in [0.4, 0.5) is 0 Å². The third-order valence-electron chi connectivity index (χ3n) is 3.70. The van der Waals surface area contributed by atoms with Crippen LogP contribution in [0.2, 0.25) is 0 Å². The van der Waals surface area contributed by atoms with Gasteiger partial charge in [-0.3, -0.25) is 9.59 Å². The lowest BCUT2D eigenvalue weighted by atomic mass is 10.0. The molecule has 1 aromatic carbocycles. The van der Waals surface area contributed by atoms with Gasteiger partial charge in [-0.2, -0.15) is 0 Å². The maximum atomic E-state index is 12.1. The largest absolute Gasteiger partial charge is 0.463 e. The van der Waals surface area contributed by atoms with Gasteiger partial charge in [0.25, 0.3) is 0 Å². The normalized spacial score (nSPS) is 28.7. The fourth-order valence-electron chi connectivity index (χ4n) is 2.24. The molecular weight excluding hydrogens is 280 g/mol. The molecule has 0 fully saturated rings. The summed E-state index contributed by atoms with van der Waals surface area (Å²) in [5, 5.41) is 2.86. The summed E-state index contributed by atoms with van der Waals surface area (Å²) in [7, 11) is 0. The second kappa shape index (κ2) is 7.75. The van der Waals surface area contributed by atoms with Crippen LogP contribution in [0.15, 0.2) is 42.5 Å². The fraction of sp³-hybridized carbons (Fsp3) is 0.412. The summed E-state index contributed by atoms with van der Waals surface area (Å²) in [6, 6.07) is 8.44. The van der Waals surface area contributed by atoms with Gasteiger partial charge in [-0.15, -0.1) is 0 Å². The number of hydrogen-bond acceptors (Lipinski definition) is 4. The van der Waals surface area contributed by atoms with Gasteiger partial charge in [0, 0.05) is 0 Å². The lowest BCUT2D eigenvalue weighted by Gasteiger charge is -2.22. The number of ether oxygens (including phenoxy) is 1. The SMILES string of the molecule is C[C@@H]1C/C=C\C[C@@H](N)C(=O)N[C@H](c2ccccc2)COC1=O. The van der Waals surface area contributed by atoms with Crippen LogP contribution in [0.1, 0.15) is 31.4 Å². The van der Waals surface area contributed by atoms with E-state index in [9.17, 15) is 9.59 Å². The van der Waals surface area contributed by atoms with Crippen LogP contribution in [0.5, 0.6) is 0 Å². The number of carbonyl (C=O) groups is 2. The van der Waals surface area contributed by atoms with Crippen molar-refractivity contribution in [2.45, 2.75) is 31.8 Å². The Hall–Kier alpha value is -2.14. The summed E-state index contributed by atoms with van der Waals surface area (Å²) >= 11 is 0. The number of carbonyl (C=O) groups excluding carboxylic acids is 2. The Kier molecular flexibility index (Phi) is 5.72. The molecular formula is C17H22N2O3. The molecule has 1 aliphatic heterocycles. The van der Waals surface area contributed by atoms with Crippen molar-refractivity contribution in [1.82, 2.24) is 5.32 Å². The first-order chi connectivity index (χ1) is 10.6. The molecule has 0 unspecified atom stereocenters. The maximum Gasteiger partial charge on any atom is 0.309 e. The van der Waals surface area contributed by atoms with Crippen molar-refractivity contribution in [2.75, 3.05) is 6.61 Å². The van der Waals surface area contributed by atoms with Gasteiger partial charge in [0.1, 0.15) is 6.61 Å². The van der Waals surface area contributed by atoms with E-state index in [4.69, 9.17) is 10.5 Å². The number of hydrogen-bond donors (Lipinski definition) is 2. The Morgan fingerprint density at radius 2 is 1.82 bits per heavy atom. The molecule has 0 aliphatic carbocycles. The number of nitrogens with two attached hydrogens (primary N) is 1. The standard InChI is InChI=1S/C17H22N2O3/c1-12-7-5-6-10-14(18)16(20)19-15(11-22-17(12)21)13-8-3-2-4-9-13/h2-6,8-9,12,14-15H,7,10-11,18H2,1H3,(H,19,20)/b6-5-/t12-,14-,15+/m1/s1. The van der Waals surface area contributed by atoms with E-state index in [0.29, 0.717) is 12.8 Å². The summed E-state index contributed by atoms with van der Waals surface area (Å²) in [4.78, 5) is 24.1. The lowest BCUT2D eigenvalue weighted by Crippen LogP contribution is -2.43. The van der Waals surface area contributed by atoms with Crippen LogP contribution >= 0.6 is 0 Å². The molecule has 118 valence electrons. The number of benzene rings is 1. The lowest BCUT2D eigenvalue weighted by molar-refractivity contribution is -0.149. The van der Waals surface area contributed by atoms with Gasteiger partial charge in [0.05, 0.1) is 18.0 Å². The molecule has 1 amide bonds. The highest BCUT2D eigenvalue weighted by molar-refractivity contribution is 5.82. The summed E-state index contributed by atoms with van der Waals surface area (Å²) in [5.74, 6) is -0.716. The smallest absolute Gasteiger partial charge is 0.309 e. The van der Waals surface area contributed by atoms with Gasteiger partial charge in [0.15, 0.2) is 0 Å². The molecule has 0 bridgehead atoms. The first kappa shape index (κ1) is 16.2. The van der Waals surface area contributed by atoms with E-state index in [1.165, 1.54) is 0 Å². The van der Waals surface area contributed by atoms with E-state index in [-0.39, 0.29) is 30.4 Å². The zero-order valence-corrected chi connectivity index (χ0v) is 12.7. The predicted octanol–water partition coefficient (Wildman–Crippen LogP) is 1.70. The van der Waals surface area contributed by atoms with Crippen LogP contribution < -0.4 is 11.1 Å². The molecule has 1 heterocycles. The minimum Gasteiger partial charge on any atom is -0.463 e. The van der Waals surface area contributed by atoms with Gasteiger partial charge in [-0.05, 0) is 18.4 Å². The Morgan fingerprint density at radius 3 is 2.55 bits per heavy atom. The highest BCUT2D eigenvalue weighted by Gasteiger charge is 2.22. The molecule has 3 N–H and O–H groups in total. The van der Waals surface area contributed by atoms with E-state index in [1.807, 2.05) is 49.4 Å². The highest BCUT2D eigenvalue weighted by Crippen LogP contribution is 2.16. The molecule has 1 aliphatic rings. The predicted molar refractivity (Wildman–Crippen MR) is 83.8 cm³/mol. The second-order valence-corrected chi connectivity index (χ2v) is 5.55. The fourth-order valence-corrected chi connectivity index (χ4v) is 2.24. The van der Waals surface area contributed by atoms with Crippen molar-refractivity contribution in [1.29, 1.82) is 0 Å². The third-order valence-corrected chi connectivity index (χ3v) is 3.70. The minimum absolute atomic E-state index is 0.107. The Balaban J connectivity index is 2.19. The van der Waals surface area contributed by atoms with Crippen molar-refractivity contribution in [3.63, 3.8) is 0 Å². The monoisotopic (exact) mass is 302 g/mol. The number of cyclic esters (lactones) is 1. The molecule has 5 nitrogen and oxygen atoms in total. The summed E-state index contributed by atoms with van der Waals surface area (Å²) in [6.07, 6.45) is 4.75. The summed E-state index contributed by atoms with van der Waals surface area (Å²) < 4.78 is 5.35. The van der Waals surface area contributed by atoms with E-state index < -0.39 is 6.04 Å². The number of rotatable bonds is 1. The quantitative estimate of drug-likeness (QED) is 0.611. The van der Waals surface area contributed by atoms with Crippen LogP contribution in [0.3, 0.4) is 0 Å². The van der Waals surface area contributed by atoms with Crippen molar-refractivity contribution in [2.24, 2.45) is 11.7 Å². The van der Waals surface area contributed by atoms with E-state index in [1.54, 1.807) is 0 Å². The molecule has 2 rings (SSSR count). The molecule has 0 saturated heterocycles. The van der Waals surface area contributed by atoms with E-state index >= 15 is 0 Å². The topological polar surface area (TPSA) is 81.4 Å². The van der Waals surface area contributed by atoms with E-state index in [2.05, 4.69) is 5.32 Å². The Bertz CT molecular complexity index is 542. The first-order valence-corrected chi connectivity index (χ1v) is 7.50. The number of esters is 1. The summed E-state index contributed by atoms with van der Waals surface area (Å²) in [6.45, 7) is 1.93. The van der Waals surface area contributed by atoms with Crippen LogP contribution in [-0.2, 0) is 14.3 Å². The highest BCUT2D eigenvalue weighted by atomic mass is 16.5. The van der Waals surface area contributed by atoms with Crippen LogP contribution in [0, 0.1) is 5.92 Å². The van der Waals surface area contributed by atoms with Crippen LogP contribution in [0.25, 0.3) is 0 Å². The van der Waals surface area contributed by atoms with Gasteiger partial charge < -0.3 is 15.8 Å². The molecule has 3 atom stereocenters. The Labute approximate surface area is 130 Å². The zero-order chi connectivity index (χ0) is 15.9. The van der Waals surface area contributed by atoms with Crippen molar-refractivity contribution in [3.05, 3.63) is 48.0 Å². The Morgan fingerprint density at radius 1 is 1.14 bits per heavy atom. The molecule has 0 aromatic heterocycles. The molecule has 5 heteroatoms. The average molecular weight is 302 g/mol. The van der Waals surface area contributed by atoms with Crippen molar-refractivity contribution in [3.8, 4) is 0 Å². The zero-order valence-electron chi connectivity index (χ0n) is 12.7. The van der Waals surface area contributed by atoms with Gasteiger partial charge >= 0.3 is 5.97 Å². The molecule has 22 heavy (non-hydrogen) atoms. The molecule has 0 radical (unpaired) electrons. The molecule has 0 spiro atoms.